The highest BCUT2D eigenvalue weighted by atomic mass is 16.5. The first kappa shape index (κ1) is 23.5. The standard InChI is InChI=1S/C28H31NO5/c1-31-24-12-9-21(16-26(24)33-3)15-23-11-14-28(30)29(23)18-22-10-13-25(32-2)27(17-22)34-19-20-7-5-4-6-8-20/h4-10,12-13,16-17,23H,11,14-15,18-19H2,1-3H3. The number of hydrogen-bond acceptors (Lipinski definition) is 5. The molecule has 178 valence electrons. The van der Waals surface area contributed by atoms with Gasteiger partial charge in [0.05, 0.1) is 21.3 Å². The van der Waals surface area contributed by atoms with Crippen molar-refractivity contribution >= 4 is 5.91 Å². The first-order chi connectivity index (χ1) is 16.6. The molecule has 0 bridgehead atoms. The van der Waals surface area contributed by atoms with E-state index in [4.69, 9.17) is 18.9 Å². The first-order valence-corrected chi connectivity index (χ1v) is 11.4. The fourth-order valence-corrected chi connectivity index (χ4v) is 4.37. The predicted molar refractivity (Wildman–Crippen MR) is 131 cm³/mol. The normalized spacial score (nSPS) is 15.3. The molecule has 1 saturated heterocycles. The predicted octanol–water partition coefficient (Wildman–Crippen LogP) is 5.03. The molecule has 0 aliphatic carbocycles. The Morgan fingerprint density at radius 3 is 2.12 bits per heavy atom. The van der Waals surface area contributed by atoms with Crippen LogP contribution < -0.4 is 18.9 Å². The van der Waals surface area contributed by atoms with E-state index < -0.39 is 0 Å². The number of nitrogens with zero attached hydrogens (tertiary/aromatic N) is 1. The molecule has 4 rings (SSSR count). The summed E-state index contributed by atoms with van der Waals surface area (Å²) in [7, 11) is 4.89. The SMILES string of the molecule is COc1ccc(CC2CCC(=O)N2Cc2ccc(OC)c(OCc3ccccc3)c2)cc1OC. The van der Waals surface area contributed by atoms with Crippen LogP contribution in [0.5, 0.6) is 23.0 Å². The molecular formula is C28H31NO5. The van der Waals surface area contributed by atoms with Crippen LogP contribution in [-0.4, -0.2) is 38.2 Å². The van der Waals surface area contributed by atoms with Gasteiger partial charge in [-0.3, -0.25) is 4.79 Å². The summed E-state index contributed by atoms with van der Waals surface area (Å²) in [6.07, 6.45) is 2.16. The van der Waals surface area contributed by atoms with Crippen LogP contribution >= 0.6 is 0 Å². The number of likely N-dealkylation sites (tertiary alicyclic amines) is 1. The molecule has 0 saturated carbocycles. The molecule has 1 unspecified atom stereocenters. The van der Waals surface area contributed by atoms with Crippen LogP contribution in [0.1, 0.15) is 29.5 Å². The molecule has 0 radical (unpaired) electrons. The molecule has 0 N–H and O–H groups in total. The van der Waals surface area contributed by atoms with Gasteiger partial charge in [-0.05, 0) is 53.8 Å². The topological polar surface area (TPSA) is 57.2 Å². The van der Waals surface area contributed by atoms with Gasteiger partial charge in [0.25, 0.3) is 0 Å². The molecular weight excluding hydrogens is 430 g/mol. The van der Waals surface area contributed by atoms with Crippen LogP contribution in [0.25, 0.3) is 0 Å². The van der Waals surface area contributed by atoms with E-state index in [0.717, 1.165) is 29.5 Å². The Morgan fingerprint density at radius 2 is 1.41 bits per heavy atom. The van der Waals surface area contributed by atoms with E-state index in [0.29, 0.717) is 42.6 Å². The lowest BCUT2D eigenvalue weighted by molar-refractivity contribution is -0.129. The zero-order chi connectivity index (χ0) is 23.9. The molecule has 1 aliphatic heterocycles. The molecule has 3 aromatic rings. The Morgan fingerprint density at radius 1 is 0.765 bits per heavy atom. The van der Waals surface area contributed by atoms with Gasteiger partial charge in [-0.1, -0.05) is 42.5 Å². The highest BCUT2D eigenvalue weighted by molar-refractivity contribution is 5.78. The fourth-order valence-electron chi connectivity index (χ4n) is 4.37. The van der Waals surface area contributed by atoms with E-state index in [1.165, 1.54) is 0 Å². The highest BCUT2D eigenvalue weighted by Gasteiger charge is 2.31. The molecule has 1 atom stereocenters. The van der Waals surface area contributed by atoms with Crippen molar-refractivity contribution in [2.75, 3.05) is 21.3 Å². The van der Waals surface area contributed by atoms with Crippen molar-refractivity contribution in [1.82, 2.24) is 4.90 Å². The largest absolute Gasteiger partial charge is 0.493 e. The van der Waals surface area contributed by atoms with Crippen LogP contribution in [0.2, 0.25) is 0 Å². The summed E-state index contributed by atoms with van der Waals surface area (Å²) in [6, 6.07) is 21.9. The van der Waals surface area contributed by atoms with E-state index in [1.54, 1.807) is 21.3 Å². The number of methoxy groups -OCH3 is 3. The quantitative estimate of drug-likeness (QED) is 0.424. The van der Waals surface area contributed by atoms with Gasteiger partial charge in [0.15, 0.2) is 23.0 Å². The lowest BCUT2D eigenvalue weighted by atomic mass is 10.0. The zero-order valence-corrected chi connectivity index (χ0v) is 20.0. The van der Waals surface area contributed by atoms with E-state index in [1.807, 2.05) is 71.6 Å². The number of ether oxygens (including phenoxy) is 4. The van der Waals surface area contributed by atoms with Gasteiger partial charge in [0.2, 0.25) is 5.91 Å². The third kappa shape index (κ3) is 5.45. The summed E-state index contributed by atoms with van der Waals surface area (Å²) in [5.74, 6) is 2.92. The Balaban J connectivity index is 1.48. The minimum Gasteiger partial charge on any atom is -0.493 e. The molecule has 0 aromatic heterocycles. The van der Waals surface area contributed by atoms with Gasteiger partial charge < -0.3 is 23.8 Å². The van der Waals surface area contributed by atoms with Crippen LogP contribution in [0, 0.1) is 0 Å². The molecule has 0 spiro atoms. The highest BCUT2D eigenvalue weighted by Crippen LogP contribution is 2.33. The third-order valence-electron chi connectivity index (χ3n) is 6.19. The monoisotopic (exact) mass is 461 g/mol. The number of carbonyl (C=O) groups is 1. The maximum Gasteiger partial charge on any atom is 0.223 e. The number of carbonyl (C=O) groups excluding carboxylic acids is 1. The molecule has 1 heterocycles. The van der Waals surface area contributed by atoms with Crippen LogP contribution in [-0.2, 0) is 24.4 Å². The fraction of sp³-hybridized carbons (Fsp3) is 0.321. The van der Waals surface area contributed by atoms with Crippen molar-refractivity contribution in [3.05, 3.63) is 83.4 Å². The smallest absolute Gasteiger partial charge is 0.223 e. The molecule has 6 heteroatoms. The molecule has 3 aromatic carbocycles. The summed E-state index contributed by atoms with van der Waals surface area (Å²) < 4.78 is 22.3. The summed E-state index contributed by atoms with van der Waals surface area (Å²) in [4.78, 5) is 14.7. The second kappa shape index (κ2) is 11.0. The second-order valence-corrected chi connectivity index (χ2v) is 8.37. The lowest BCUT2D eigenvalue weighted by Gasteiger charge is -2.26. The van der Waals surface area contributed by atoms with Crippen molar-refractivity contribution < 1.29 is 23.7 Å². The number of hydrogen-bond donors (Lipinski definition) is 0. The second-order valence-electron chi connectivity index (χ2n) is 8.37. The molecule has 1 fully saturated rings. The van der Waals surface area contributed by atoms with Crippen LogP contribution in [0.4, 0.5) is 0 Å². The molecule has 1 aliphatic rings. The van der Waals surface area contributed by atoms with E-state index >= 15 is 0 Å². The number of rotatable bonds is 10. The Hall–Kier alpha value is -3.67. The van der Waals surface area contributed by atoms with E-state index in [-0.39, 0.29) is 11.9 Å². The summed E-state index contributed by atoms with van der Waals surface area (Å²) >= 11 is 0. The number of benzene rings is 3. The van der Waals surface area contributed by atoms with Gasteiger partial charge in [-0.2, -0.15) is 0 Å². The molecule has 6 nitrogen and oxygen atoms in total. The summed E-state index contributed by atoms with van der Waals surface area (Å²) in [5.41, 5.74) is 3.21. The maximum absolute atomic E-state index is 12.7. The Bertz CT molecular complexity index is 1120. The minimum absolute atomic E-state index is 0.126. The minimum atomic E-state index is 0.126. The Labute approximate surface area is 201 Å². The van der Waals surface area contributed by atoms with Crippen molar-refractivity contribution in [2.24, 2.45) is 0 Å². The molecule has 1 amide bonds. The van der Waals surface area contributed by atoms with Crippen molar-refractivity contribution in [1.29, 1.82) is 0 Å². The number of amides is 1. The van der Waals surface area contributed by atoms with E-state index in [9.17, 15) is 4.79 Å². The summed E-state index contributed by atoms with van der Waals surface area (Å²) in [5, 5.41) is 0. The van der Waals surface area contributed by atoms with Crippen molar-refractivity contribution in [3.8, 4) is 23.0 Å². The lowest BCUT2D eigenvalue weighted by Crippen LogP contribution is -2.33. The van der Waals surface area contributed by atoms with Gasteiger partial charge in [0.1, 0.15) is 6.61 Å². The first-order valence-electron chi connectivity index (χ1n) is 11.4. The van der Waals surface area contributed by atoms with Crippen LogP contribution in [0.3, 0.4) is 0 Å². The zero-order valence-electron chi connectivity index (χ0n) is 20.0. The Kier molecular flexibility index (Phi) is 7.58. The van der Waals surface area contributed by atoms with Gasteiger partial charge in [-0.25, -0.2) is 0 Å². The van der Waals surface area contributed by atoms with Gasteiger partial charge in [-0.15, -0.1) is 0 Å². The van der Waals surface area contributed by atoms with Crippen molar-refractivity contribution in [3.63, 3.8) is 0 Å². The average molecular weight is 462 g/mol. The third-order valence-corrected chi connectivity index (χ3v) is 6.19. The maximum atomic E-state index is 12.7. The van der Waals surface area contributed by atoms with Gasteiger partial charge >= 0.3 is 0 Å². The molecule has 34 heavy (non-hydrogen) atoms. The van der Waals surface area contributed by atoms with Crippen LogP contribution in [0.15, 0.2) is 66.7 Å². The van der Waals surface area contributed by atoms with Gasteiger partial charge in [0, 0.05) is 19.0 Å². The van der Waals surface area contributed by atoms with E-state index in [2.05, 4.69) is 0 Å². The average Bonchev–Trinajstić information content (AvgIpc) is 3.21. The van der Waals surface area contributed by atoms with Crippen molar-refractivity contribution in [2.45, 2.75) is 38.5 Å². The summed E-state index contributed by atoms with van der Waals surface area (Å²) in [6.45, 7) is 0.980.